The van der Waals surface area contributed by atoms with Crippen LogP contribution >= 0.6 is 11.6 Å². The second-order valence-electron chi connectivity index (χ2n) is 3.95. The number of halogens is 1. The summed E-state index contributed by atoms with van der Waals surface area (Å²) in [6.45, 7) is 1.17. The topological polar surface area (TPSA) is 130 Å². The minimum absolute atomic E-state index is 0.0877. The van der Waals surface area contributed by atoms with Gasteiger partial charge in [0.2, 0.25) is 0 Å². The van der Waals surface area contributed by atoms with E-state index in [4.69, 9.17) is 16.7 Å². The van der Waals surface area contributed by atoms with E-state index < -0.39 is 34.6 Å². The molecule has 0 aliphatic rings. The number of nitro benzene ring substituents is 1. The van der Waals surface area contributed by atoms with Crippen LogP contribution < -0.4 is 5.32 Å². The van der Waals surface area contributed by atoms with Gasteiger partial charge in [0.15, 0.2) is 6.04 Å². The molecule has 9 heteroatoms. The summed E-state index contributed by atoms with van der Waals surface area (Å²) in [5, 5.41) is 31.0. The molecule has 1 aromatic carbocycles. The molecule has 0 saturated heterocycles. The van der Waals surface area contributed by atoms with Crippen molar-refractivity contribution in [3.05, 3.63) is 38.9 Å². The van der Waals surface area contributed by atoms with Gasteiger partial charge < -0.3 is 15.5 Å². The van der Waals surface area contributed by atoms with Gasteiger partial charge in [-0.25, -0.2) is 4.79 Å². The van der Waals surface area contributed by atoms with E-state index in [0.717, 1.165) is 12.1 Å². The minimum Gasteiger partial charge on any atom is -0.480 e. The van der Waals surface area contributed by atoms with Gasteiger partial charge in [0.05, 0.1) is 11.0 Å². The first kappa shape index (κ1) is 15.9. The van der Waals surface area contributed by atoms with Crippen molar-refractivity contribution in [2.24, 2.45) is 0 Å². The van der Waals surface area contributed by atoms with Gasteiger partial charge in [-0.05, 0) is 19.1 Å². The number of carboxylic acids is 1. The summed E-state index contributed by atoms with van der Waals surface area (Å²) in [6.07, 6.45) is -1.37. The van der Waals surface area contributed by atoms with E-state index in [0.29, 0.717) is 0 Å². The molecule has 0 fully saturated rings. The highest BCUT2D eigenvalue weighted by Gasteiger charge is 2.28. The normalized spacial score (nSPS) is 13.3. The Labute approximate surface area is 118 Å². The lowest BCUT2D eigenvalue weighted by Gasteiger charge is -2.17. The molecule has 0 heterocycles. The highest BCUT2D eigenvalue weighted by molar-refractivity contribution is 6.31. The number of aliphatic carboxylic acids is 1. The smallest absolute Gasteiger partial charge is 0.328 e. The van der Waals surface area contributed by atoms with E-state index in [1.807, 2.05) is 5.32 Å². The van der Waals surface area contributed by atoms with E-state index >= 15 is 0 Å². The molecule has 20 heavy (non-hydrogen) atoms. The molecule has 108 valence electrons. The molecule has 0 saturated carbocycles. The molecule has 1 amide bonds. The van der Waals surface area contributed by atoms with Crippen molar-refractivity contribution in [3.8, 4) is 0 Å². The van der Waals surface area contributed by atoms with E-state index in [1.54, 1.807) is 0 Å². The van der Waals surface area contributed by atoms with Crippen molar-refractivity contribution in [2.45, 2.75) is 19.1 Å². The number of aliphatic hydroxyl groups is 1. The number of carbonyl (C=O) groups excluding carboxylic acids is 1. The van der Waals surface area contributed by atoms with Crippen LogP contribution in [0.15, 0.2) is 18.2 Å². The molecule has 0 aliphatic heterocycles. The molecule has 1 rings (SSSR count). The van der Waals surface area contributed by atoms with Crippen LogP contribution in [0, 0.1) is 10.1 Å². The van der Waals surface area contributed by atoms with Crippen molar-refractivity contribution in [2.75, 3.05) is 0 Å². The number of benzene rings is 1. The number of nitrogens with zero attached hydrogens (tertiary/aromatic N) is 1. The first-order valence-corrected chi connectivity index (χ1v) is 5.77. The molecule has 2 unspecified atom stereocenters. The third kappa shape index (κ3) is 3.65. The van der Waals surface area contributed by atoms with Gasteiger partial charge in [0, 0.05) is 11.1 Å². The predicted octanol–water partition coefficient (Wildman–Crippen LogP) is 0.812. The van der Waals surface area contributed by atoms with Crippen molar-refractivity contribution in [1.29, 1.82) is 0 Å². The summed E-state index contributed by atoms with van der Waals surface area (Å²) in [4.78, 5) is 32.8. The molecule has 3 N–H and O–H groups in total. The van der Waals surface area contributed by atoms with Gasteiger partial charge in [-0.2, -0.15) is 0 Å². The number of amides is 1. The molecule has 0 radical (unpaired) electrons. The van der Waals surface area contributed by atoms with Crippen LogP contribution in [-0.2, 0) is 4.79 Å². The molecule has 0 spiro atoms. The first-order valence-electron chi connectivity index (χ1n) is 5.39. The monoisotopic (exact) mass is 302 g/mol. The highest BCUT2D eigenvalue weighted by atomic mass is 35.5. The van der Waals surface area contributed by atoms with Crippen molar-refractivity contribution >= 4 is 29.2 Å². The zero-order valence-electron chi connectivity index (χ0n) is 10.2. The summed E-state index contributed by atoms with van der Waals surface area (Å²) in [5.74, 6) is -2.47. The SMILES string of the molecule is CC(O)C(NC(=O)c1cc(Cl)ccc1[N+](=O)[O-])C(=O)O. The number of nitrogens with one attached hydrogen (secondary N) is 1. The fraction of sp³-hybridized carbons (Fsp3) is 0.273. The van der Waals surface area contributed by atoms with Gasteiger partial charge in [0.1, 0.15) is 5.56 Å². The largest absolute Gasteiger partial charge is 0.480 e. The highest BCUT2D eigenvalue weighted by Crippen LogP contribution is 2.22. The van der Waals surface area contributed by atoms with Crippen molar-refractivity contribution in [3.63, 3.8) is 0 Å². The molecule has 1 aromatic rings. The Morgan fingerprint density at radius 1 is 1.45 bits per heavy atom. The summed E-state index contributed by atoms with van der Waals surface area (Å²) in [7, 11) is 0. The molecular formula is C11H11ClN2O6. The maximum absolute atomic E-state index is 11.9. The number of hydrogen-bond acceptors (Lipinski definition) is 5. The van der Waals surface area contributed by atoms with E-state index in [9.17, 15) is 24.8 Å². The number of carbonyl (C=O) groups is 2. The quantitative estimate of drug-likeness (QED) is 0.545. The lowest BCUT2D eigenvalue weighted by molar-refractivity contribution is -0.385. The Balaban J connectivity index is 3.11. The van der Waals surface area contributed by atoms with Crippen LogP contribution in [0.3, 0.4) is 0 Å². The zero-order valence-corrected chi connectivity index (χ0v) is 11.0. The van der Waals surface area contributed by atoms with Crippen molar-refractivity contribution in [1.82, 2.24) is 5.32 Å². The number of carboxylic acid groups (broad SMARTS) is 1. The fourth-order valence-corrected chi connectivity index (χ4v) is 1.63. The lowest BCUT2D eigenvalue weighted by Crippen LogP contribution is -2.47. The fourth-order valence-electron chi connectivity index (χ4n) is 1.46. The summed E-state index contributed by atoms with van der Waals surface area (Å²) in [6, 6.07) is 1.74. The number of aliphatic hydroxyl groups excluding tert-OH is 1. The average molecular weight is 303 g/mol. The molecule has 0 aliphatic carbocycles. The number of hydrogen-bond donors (Lipinski definition) is 3. The minimum atomic E-state index is -1.58. The third-order valence-corrected chi connectivity index (χ3v) is 2.67. The van der Waals surface area contributed by atoms with Crippen LogP contribution in [0.5, 0.6) is 0 Å². The maximum Gasteiger partial charge on any atom is 0.328 e. The Morgan fingerprint density at radius 2 is 2.05 bits per heavy atom. The standard InChI is InChI=1S/C11H11ClN2O6/c1-5(15)9(11(17)18)13-10(16)7-4-6(12)2-3-8(7)14(19)20/h2-5,9,15H,1H3,(H,13,16)(H,17,18). The van der Waals surface area contributed by atoms with E-state index in [-0.39, 0.29) is 10.6 Å². The first-order chi connectivity index (χ1) is 9.23. The van der Waals surface area contributed by atoms with Gasteiger partial charge in [-0.1, -0.05) is 11.6 Å². The van der Waals surface area contributed by atoms with Crippen LogP contribution in [0.4, 0.5) is 5.69 Å². The number of rotatable bonds is 5. The molecule has 0 bridgehead atoms. The summed E-state index contributed by atoms with van der Waals surface area (Å²) in [5.41, 5.74) is -0.893. The molecule has 8 nitrogen and oxygen atoms in total. The molecule has 0 aromatic heterocycles. The predicted molar refractivity (Wildman–Crippen MR) is 68.7 cm³/mol. The Bertz CT molecular complexity index is 560. The third-order valence-electron chi connectivity index (χ3n) is 2.43. The van der Waals surface area contributed by atoms with Gasteiger partial charge in [-0.3, -0.25) is 14.9 Å². The average Bonchev–Trinajstić information content (AvgIpc) is 2.34. The number of nitro groups is 1. The van der Waals surface area contributed by atoms with Crippen LogP contribution in [0.25, 0.3) is 0 Å². The van der Waals surface area contributed by atoms with Gasteiger partial charge >= 0.3 is 5.97 Å². The molecular weight excluding hydrogens is 292 g/mol. The lowest BCUT2D eigenvalue weighted by atomic mass is 10.1. The second-order valence-corrected chi connectivity index (χ2v) is 4.38. The van der Waals surface area contributed by atoms with Gasteiger partial charge in [0.25, 0.3) is 11.6 Å². The van der Waals surface area contributed by atoms with E-state index in [2.05, 4.69) is 0 Å². The molecule has 2 atom stereocenters. The summed E-state index contributed by atoms with van der Waals surface area (Å²) < 4.78 is 0. The summed E-state index contributed by atoms with van der Waals surface area (Å²) >= 11 is 5.66. The Hall–Kier alpha value is -2.19. The Morgan fingerprint density at radius 3 is 2.50 bits per heavy atom. The van der Waals surface area contributed by atoms with Gasteiger partial charge in [-0.15, -0.1) is 0 Å². The van der Waals surface area contributed by atoms with Crippen molar-refractivity contribution < 1.29 is 24.7 Å². The zero-order chi connectivity index (χ0) is 15.4. The van der Waals surface area contributed by atoms with Crippen LogP contribution in [0.2, 0.25) is 5.02 Å². The maximum atomic E-state index is 11.9. The Kier molecular flexibility index (Phi) is 5.00. The second kappa shape index (κ2) is 6.31. The van der Waals surface area contributed by atoms with Crippen LogP contribution in [0.1, 0.15) is 17.3 Å². The van der Waals surface area contributed by atoms with E-state index in [1.165, 1.54) is 13.0 Å². The van der Waals surface area contributed by atoms with Crippen LogP contribution in [-0.4, -0.2) is 39.2 Å².